The van der Waals surface area contributed by atoms with Crippen LogP contribution in [0, 0.1) is 0 Å². The zero-order valence-corrected chi connectivity index (χ0v) is 17.5. The van der Waals surface area contributed by atoms with Gasteiger partial charge in [0.15, 0.2) is 0 Å². The number of halogens is 3. The second-order valence-corrected chi connectivity index (χ2v) is 9.28. The zero-order valence-electron chi connectivity index (χ0n) is 16.7. The zero-order chi connectivity index (χ0) is 22.6. The van der Waals surface area contributed by atoms with E-state index in [2.05, 4.69) is 24.7 Å². The van der Waals surface area contributed by atoms with Crippen LogP contribution >= 0.6 is 0 Å². The summed E-state index contributed by atoms with van der Waals surface area (Å²) in [7, 11) is -3.44. The molecule has 1 unspecified atom stereocenters. The fourth-order valence-electron chi connectivity index (χ4n) is 2.68. The maximum absolute atomic E-state index is 12.3. The van der Waals surface area contributed by atoms with E-state index >= 15 is 0 Å². The second kappa shape index (κ2) is 9.06. The van der Waals surface area contributed by atoms with Gasteiger partial charge in [0.05, 0.1) is 17.0 Å². The van der Waals surface area contributed by atoms with E-state index in [4.69, 9.17) is 0 Å². The Bertz CT molecular complexity index is 1080. The number of ether oxygens (including phenoxy) is 1. The van der Waals surface area contributed by atoms with Crippen LogP contribution in [0.4, 0.5) is 24.7 Å². The van der Waals surface area contributed by atoms with Gasteiger partial charge in [-0.25, -0.2) is 18.4 Å². The molecule has 1 aromatic heterocycles. The lowest BCUT2D eigenvalue weighted by molar-refractivity contribution is -0.336. The first-order chi connectivity index (χ1) is 14.5. The molecule has 166 valence electrons. The average molecular weight is 454 g/mol. The largest absolute Gasteiger partial charge is 0.523 e. The normalized spacial score (nSPS) is 16.8. The van der Waals surface area contributed by atoms with E-state index in [0.717, 1.165) is 5.56 Å². The first-order valence-electron chi connectivity index (χ1n) is 9.36. The number of hydrogen-bond donors (Lipinski definition) is 2. The molecule has 1 heterocycles. The van der Waals surface area contributed by atoms with Crippen LogP contribution in [0.5, 0.6) is 0 Å². The molecule has 1 aliphatic rings. The van der Waals surface area contributed by atoms with Crippen LogP contribution in [0.3, 0.4) is 0 Å². The average Bonchev–Trinajstić information content (AvgIpc) is 2.69. The first-order valence-corrected chi connectivity index (χ1v) is 10.9. The van der Waals surface area contributed by atoms with Gasteiger partial charge >= 0.3 is 6.36 Å². The van der Waals surface area contributed by atoms with Crippen LogP contribution in [0.15, 0.2) is 60.6 Å². The Kier molecular flexibility index (Phi) is 6.65. The van der Waals surface area contributed by atoms with Gasteiger partial charge in [-0.1, -0.05) is 24.3 Å². The van der Waals surface area contributed by atoms with Gasteiger partial charge in [0, 0.05) is 23.0 Å². The lowest BCUT2D eigenvalue weighted by Gasteiger charge is -2.19. The predicted molar refractivity (Wildman–Crippen MR) is 112 cm³/mol. The molecule has 0 saturated heterocycles. The Labute approximate surface area is 178 Å². The third-order valence-electron chi connectivity index (χ3n) is 4.35. The van der Waals surface area contributed by atoms with Crippen molar-refractivity contribution in [2.75, 3.05) is 10.0 Å². The van der Waals surface area contributed by atoms with E-state index in [1.54, 1.807) is 50.3 Å². The molecule has 0 fully saturated rings. The lowest BCUT2D eigenvalue weighted by Crippen LogP contribution is -2.23. The van der Waals surface area contributed by atoms with Crippen molar-refractivity contribution in [1.82, 2.24) is 9.97 Å². The van der Waals surface area contributed by atoms with Crippen LogP contribution in [-0.4, -0.2) is 36.1 Å². The highest BCUT2D eigenvalue weighted by atomic mass is 32.2. The van der Waals surface area contributed by atoms with Crippen molar-refractivity contribution in [3.63, 3.8) is 0 Å². The SMILES string of the molecule is CC(C)S(=O)(=O)Nc1ccc(-c2cc(NC3=CCC(OC(F)(F)F)C=C3)ncn2)cc1. The van der Waals surface area contributed by atoms with Gasteiger partial charge in [-0.2, -0.15) is 0 Å². The Hall–Kier alpha value is -2.92. The summed E-state index contributed by atoms with van der Waals surface area (Å²) in [6.07, 6.45) is 0.109. The minimum Gasteiger partial charge on any atom is -0.340 e. The third-order valence-corrected chi connectivity index (χ3v) is 6.11. The smallest absolute Gasteiger partial charge is 0.340 e. The number of aromatic nitrogens is 2. The molecular weight excluding hydrogens is 433 g/mol. The van der Waals surface area contributed by atoms with Crippen LogP contribution in [0.2, 0.25) is 0 Å². The monoisotopic (exact) mass is 454 g/mol. The molecule has 3 rings (SSSR count). The molecule has 0 saturated carbocycles. The highest BCUT2D eigenvalue weighted by Crippen LogP contribution is 2.25. The van der Waals surface area contributed by atoms with E-state index in [1.807, 2.05) is 0 Å². The van der Waals surface area contributed by atoms with Gasteiger partial charge < -0.3 is 5.32 Å². The maximum Gasteiger partial charge on any atom is 0.523 e. The summed E-state index contributed by atoms with van der Waals surface area (Å²) < 4.78 is 67.3. The van der Waals surface area contributed by atoms with E-state index < -0.39 is 27.7 Å². The van der Waals surface area contributed by atoms with Crippen molar-refractivity contribution in [3.05, 3.63) is 60.6 Å². The number of nitrogens with zero attached hydrogens (tertiary/aromatic N) is 2. The molecule has 0 radical (unpaired) electrons. The van der Waals surface area contributed by atoms with E-state index in [1.165, 1.54) is 18.5 Å². The van der Waals surface area contributed by atoms with E-state index in [9.17, 15) is 21.6 Å². The molecule has 1 aliphatic carbocycles. The van der Waals surface area contributed by atoms with E-state index in [0.29, 0.717) is 22.9 Å². The molecule has 0 aliphatic heterocycles. The molecule has 0 bridgehead atoms. The van der Waals surface area contributed by atoms with Crippen molar-refractivity contribution in [2.45, 2.75) is 38.0 Å². The van der Waals surface area contributed by atoms with Crippen LogP contribution in [0.1, 0.15) is 20.3 Å². The summed E-state index contributed by atoms with van der Waals surface area (Å²) in [4.78, 5) is 8.34. The third kappa shape index (κ3) is 6.53. The van der Waals surface area contributed by atoms with Crippen molar-refractivity contribution >= 4 is 21.5 Å². The number of rotatable bonds is 7. The summed E-state index contributed by atoms with van der Waals surface area (Å²) in [5.74, 6) is 0.459. The molecule has 11 heteroatoms. The second-order valence-electron chi connectivity index (χ2n) is 7.04. The molecule has 7 nitrogen and oxygen atoms in total. The summed E-state index contributed by atoms with van der Waals surface area (Å²) >= 11 is 0. The Morgan fingerprint density at radius 2 is 1.87 bits per heavy atom. The number of sulfonamides is 1. The van der Waals surface area contributed by atoms with Crippen molar-refractivity contribution < 1.29 is 26.3 Å². The highest BCUT2D eigenvalue weighted by molar-refractivity contribution is 7.93. The quantitative estimate of drug-likeness (QED) is 0.642. The fourth-order valence-corrected chi connectivity index (χ4v) is 3.38. The molecular formula is C20H21F3N4O3S. The summed E-state index contributed by atoms with van der Waals surface area (Å²) in [6, 6.07) is 8.40. The van der Waals surface area contributed by atoms with Crippen LogP contribution in [-0.2, 0) is 14.8 Å². The molecule has 31 heavy (non-hydrogen) atoms. The van der Waals surface area contributed by atoms with Gasteiger partial charge in [-0.05, 0) is 38.5 Å². The fraction of sp³-hybridized carbons (Fsp3) is 0.300. The van der Waals surface area contributed by atoms with Gasteiger partial charge in [0.2, 0.25) is 10.0 Å². The first kappa shape index (κ1) is 22.8. The predicted octanol–water partition coefficient (Wildman–Crippen LogP) is 4.45. The van der Waals surface area contributed by atoms with Gasteiger partial charge in [0.25, 0.3) is 0 Å². The molecule has 0 amide bonds. The lowest BCUT2D eigenvalue weighted by atomic mass is 10.1. The molecule has 2 aromatic rings. The number of anilines is 2. The number of nitrogens with one attached hydrogen (secondary N) is 2. The Morgan fingerprint density at radius 1 is 1.16 bits per heavy atom. The van der Waals surface area contributed by atoms with Crippen molar-refractivity contribution in [2.24, 2.45) is 0 Å². The summed E-state index contributed by atoms with van der Waals surface area (Å²) in [5, 5.41) is 2.47. The van der Waals surface area contributed by atoms with Crippen molar-refractivity contribution in [1.29, 1.82) is 0 Å². The van der Waals surface area contributed by atoms with Gasteiger partial charge in [-0.3, -0.25) is 9.46 Å². The number of alkyl halides is 3. The molecule has 0 spiro atoms. The number of hydrogen-bond acceptors (Lipinski definition) is 6. The number of allylic oxidation sites excluding steroid dienone is 1. The van der Waals surface area contributed by atoms with Gasteiger partial charge in [-0.15, -0.1) is 13.2 Å². The van der Waals surface area contributed by atoms with E-state index in [-0.39, 0.29) is 6.42 Å². The molecule has 2 N–H and O–H groups in total. The number of benzene rings is 1. The standard InChI is InChI=1S/C20H21F3N4O3S/c1-13(2)31(28,29)27-16-5-3-14(4-6-16)18-11-19(25-12-24-18)26-15-7-9-17(10-8-15)30-20(21,22)23/h3-9,11-13,17,27H,10H2,1-2H3,(H,24,25,26). The Morgan fingerprint density at radius 3 is 2.45 bits per heavy atom. The summed E-state index contributed by atoms with van der Waals surface area (Å²) in [5.41, 5.74) is 2.36. The van der Waals surface area contributed by atoms with Crippen LogP contribution in [0.25, 0.3) is 11.3 Å². The minimum absolute atomic E-state index is 0.0734. The summed E-state index contributed by atoms with van der Waals surface area (Å²) in [6.45, 7) is 3.18. The van der Waals surface area contributed by atoms with Crippen LogP contribution < -0.4 is 10.0 Å². The topological polar surface area (TPSA) is 93.2 Å². The van der Waals surface area contributed by atoms with Crippen molar-refractivity contribution in [3.8, 4) is 11.3 Å². The molecule has 1 aromatic carbocycles. The molecule has 1 atom stereocenters. The van der Waals surface area contributed by atoms with Gasteiger partial charge in [0.1, 0.15) is 12.1 Å². The Balaban J connectivity index is 1.67. The minimum atomic E-state index is -4.68. The highest BCUT2D eigenvalue weighted by Gasteiger charge is 2.32. The maximum atomic E-state index is 12.3.